The number of likely N-dealkylation sites (tertiary alicyclic amines) is 1. The third-order valence-corrected chi connectivity index (χ3v) is 5.22. The van der Waals surface area contributed by atoms with Gasteiger partial charge >= 0.3 is 0 Å². The lowest BCUT2D eigenvalue weighted by molar-refractivity contribution is -0.00477. The first-order valence-corrected chi connectivity index (χ1v) is 8.19. The maximum absolute atomic E-state index is 5.58. The summed E-state index contributed by atoms with van der Waals surface area (Å²) in [5, 5.41) is 3.78. The van der Waals surface area contributed by atoms with Crippen molar-refractivity contribution in [2.24, 2.45) is 11.8 Å². The molecule has 1 aliphatic carbocycles. The van der Waals surface area contributed by atoms with Crippen LogP contribution in [0, 0.1) is 11.8 Å². The predicted octanol–water partition coefficient (Wildman–Crippen LogP) is 2.51. The number of hydrogen-bond donors (Lipinski definition) is 1. The smallest absolute Gasteiger partial charge is 0.0724 e. The fraction of sp³-hybridized carbons (Fsp3) is 1.00. The highest BCUT2D eigenvalue weighted by Crippen LogP contribution is 2.23. The van der Waals surface area contributed by atoms with Crippen molar-refractivity contribution in [1.29, 1.82) is 0 Å². The van der Waals surface area contributed by atoms with Crippen LogP contribution in [-0.4, -0.2) is 50.3 Å². The Bertz CT molecular complexity index is 259. The third-order valence-electron chi connectivity index (χ3n) is 5.22. The molecular formula is C16H32N2O. The topological polar surface area (TPSA) is 24.5 Å². The van der Waals surface area contributed by atoms with E-state index in [-0.39, 0.29) is 0 Å². The van der Waals surface area contributed by atoms with Crippen molar-refractivity contribution >= 4 is 0 Å². The summed E-state index contributed by atoms with van der Waals surface area (Å²) >= 11 is 0. The Labute approximate surface area is 119 Å². The summed E-state index contributed by atoms with van der Waals surface area (Å²) in [5.74, 6) is 1.58. The molecule has 0 radical (unpaired) electrons. The monoisotopic (exact) mass is 268 g/mol. The van der Waals surface area contributed by atoms with Crippen molar-refractivity contribution in [3.05, 3.63) is 0 Å². The summed E-state index contributed by atoms with van der Waals surface area (Å²) in [4.78, 5) is 2.56. The average Bonchev–Trinajstić information content (AvgIpc) is 2.43. The van der Waals surface area contributed by atoms with Gasteiger partial charge in [0.25, 0.3) is 0 Å². The minimum atomic E-state index is 0.433. The van der Waals surface area contributed by atoms with E-state index in [1.807, 2.05) is 7.11 Å². The van der Waals surface area contributed by atoms with E-state index in [9.17, 15) is 0 Å². The molecule has 112 valence electrons. The van der Waals surface area contributed by atoms with E-state index in [1.165, 1.54) is 45.2 Å². The van der Waals surface area contributed by atoms with Gasteiger partial charge in [-0.25, -0.2) is 0 Å². The maximum atomic E-state index is 5.58. The van der Waals surface area contributed by atoms with Gasteiger partial charge in [0.2, 0.25) is 0 Å². The molecule has 0 aromatic rings. The van der Waals surface area contributed by atoms with E-state index in [4.69, 9.17) is 4.74 Å². The average molecular weight is 268 g/mol. The van der Waals surface area contributed by atoms with Gasteiger partial charge in [0, 0.05) is 32.8 Å². The Balaban J connectivity index is 1.65. The molecule has 3 heteroatoms. The Morgan fingerprint density at radius 1 is 1.11 bits per heavy atom. The lowest BCUT2D eigenvalue weighted by Crippen LogP contribution is -2.47. The lowest BCUT2D eigenvalue weighted by Gasteiger charge is -2.37. The summed E-state index contributed by atoms with van der Waals surface area (Å²) in [6.45, 7) is 9.38. The Morgan fingerprint density at radius 3 is 2.63 bits per heavy atom. The van der Waals surface area contributed by atoms with Gasteiger partial charge in [0.15, 0.2) is 0 Å². The molecule has 0 aromatic heterocycles. The van der Waals surface area contributed by atoms with Crippen LogP contribution in [-0.2, 0) is 4.74 Å². The highest BCUT2D eigenvalue weighted by molar-refractivity contribution is 4.81. The second-order valence-electron chi connectivity index (χ2n) is 6.66. The first-order chi connectivity index (χ1) is 9.20. The van der Waals surface area contributed by atoms with Gasteiger partial charge in [-0.05, 0) is 37.6 Å². The number of rotatable bonds is 5. The fourth-order valence-corrected chi connectivity index (χ4v) is 3.64. The van der Waals surface area contributed by atoms with Crippen LogP contribution in [0.2, 0.25) is 0 Å². The molecule has 4 unspecified atom stereocenters. The van der Waals surface area contributed by atoms with Gasteiger partial charge < -0.3 is 10.1 Å². The number of nitrogens with zero attached hydrogens (tertiary/aromatic N) is 1. The molecule has 1 aliphatic heterocycles. The van der Waals surface area contributed by atoms with Gasteiger partial charge in [-0.3, -0.25) is 4.90 Å². The van der Waals surface area contributed by atoms with Crippen molar-refractivity contribution in [2.45, 2.75) is 58.1 Å². The van der Waals surface area contributed by atoms with Gasteiger partial charge in [0.05, 0.1) is 6.10 Å². The van der Waals surface area contributed by atoms with E-state index < -0.39 is 0 Å². The largest absolute Gasteiger partial charge is 0.380 e. The van der Waals surface area contributed by atoms with Gasteiger partial charge in [-0.1, -0.05) is 26.7 Å². The minimum absolute atomic E-state index is 0.433. The normalized spacial score (nSPS) is 37.4. The van der Waals surface area contributed by atoms with Gasteiger partial charge in [-0.2, -0.15) is 0 Å². The van der Waals surface area contributed by atoms with E-state index >= 15 is 0 Å². The number of methoxy groups -OCH3 is 1. The minimum Gasteiger partial charge on any atom is -0.380 e. The van der Waals surface area contributed by atoms with Crippen LogP contribution in [0.4, 0.5) is 0 Å². The zero-order chi connectivity index (χ0) is 13.7. The molecule has 2 fully saturated rings. The number of ether oxygens (including phenoxy) is 1. The number of piperidine rings is 1. The molecule has 0 bridgehead atoms. The first-order valence-electron chi connectivity index (χ1n) is 8.19. The predicted molar refractivity (Wildman–Crippen MR) is 80.4 cm³/mol. The summed E-state index contributed by atoms with van der Waals surface area (Å²) in [7, 11) is 1.85. The molecule has 1 heterocycles. The SMILES string of the molecule is COC1CN(CCNC2CCCCC2C)CCC1C. The van der Waals surface area contributed by atoms with Crippen molar-refractivity contribution in [2.75, 3.05) is 33.3 Å². The zero-order valence-electron chi connectivity index (χ0n) is 13.0. The highest BCUT2D eigenvalue weighted by atomic mass is 16.5. The van der Waals surface area contributed by atoms with Crippen LogP contribution >= 0.6 is 0 Å². The molecule has 2 rings (SSSR count). The molecule has 0 amide bonds. The summed E-state index contributed by atoms with van der Waals surface area (Å²) in [6, 6.07) is 0.760. The molecule has 4 atom stereocenters. The quantitative estimate of drug-likeness (QED) is 0.829. The van der Waals surface area contributed by atoms with Crippen molar-refractivity contribution < 1.29 is 4.74 Å². The van der Waals surface area contributed by atoms with Gasteiger partial charge in [0.1, 0.15) is 0 Å². The molecule has 1 N–H and O–H groups in total. The molecule has 0 spiro atoms. The Kier molecular flexibility index (Phi) is 6.11. The second-order valence-corrected chi connectivity index (χ2v) is 6.66. The molecule has 1 saturated heterocycles. The molecule has 0 aromatic carbocycles. The van der Waals surface area contributed by atoms with Crippen molar-refractivity contribution in [1.82, 2.24) is 10.2 Å². The second kappa shape index (κ2) is 7.61. The van der Waals surface area contributed by atoms with E-state index in [0.717, 1.165) is 25.0 Å². The van der Waals surface area contributed by atoms with Crippen LogP contribution < -0.4 is 5.32 Å². The van der Waals surface area contributed by atoms with Gasteiger partial charge in [-0.15, -0.1) is 0 Å². The van der Waals surface area contributed by atoms with Crippen LogP contribution in [0.3, 0.4) is 0 Å². The Morgan fingerprint density at radius 2 is 1.89 bits per heavy atom. The van der Waals surface area contributed by atoms with Crippen LogP contribution in [0.25, 0.3) is 0 Å². The molecular weight excluding hydrogens is 236 g/mol. The number of hydrogen-bond acceptors (Lipinski definition) is 3. The molecule has 19 heavy (non-hydrogen) atoms. The molecule has 1 saturated carbocycles. The lowest BCUT2D eigenvalue weighted by atomic mass is 9.86. The summed E-state index contributed by atoms with van der Waals surface area (Å²) in [5.41, 5.74) is 0. The Hall–Kier alpha value is -0.120. The van der Waals surface area contributed by atoms with E-state index in [1.54, 1.807) is 0 Å². The number of nitrogens with one attached hydrogen (secondary N) is 1. The zero-order valence-corrected chi connectivity index (χ0v) is 13.0. The van der Waals surface area contributed by atoms with Crippen LogP contribution in [0.1, 0.15) is 46.0 Å². The maximum Gasteiger partial charge on any atom is 0.0724 e. The first kappa shape index (κ1) is 15.3. The fourth-order valence-electron chi connectivity index (χ4n) is 3.64. The standard InChI is InChI=1S/C16H32N2O/c1-13-6-4-5-7-15(13)17-9-11-18-10-8-14(2)16(12-18)19-3/h13-17H,4-12H2,1-3H3. The molecule has 3 nitrogen and oxygen atoms in total. The van der Waals surface area contributed by atoms with E-state index in [2.05, 4.69) is 24.1 Å². The van der Waals surface area contributed by atoms with Crippen LogP contribution in [0.15, 0.2) is 0 Å². The summed E-state index contributed by atoms with van der Waals surface area (Å²) in [6.07, 6.45) is 7.33. The summed E-state index contributed by atoms with van der Waals surface area (Å²) < 4.78 is 5.58. The van der Waals surface area contributed by atoms with Crippen molar-refractivity contribution in [3.63, 3.8) is 0 Å². The van der Waals surface area contributed by atoms with Crippen molar-refractivity contribution in [3.8, 4) is 0 Å². The third kappa shape index (κ3) is 4.44. The van der Waals surface area contributed by atoms with Crippen LogP contribution in [0.5, 0.6) is 0 Å². The molecule has 2 aliphatic rings. The highest BCUT2D eigenvalue weighted by Gasteiger charge is 2.26. The van der Waals surface area contributed by atoms with E-state index in [0.29, 0.717) is 12.0 Å².